The number of nitro groups is 1. The summed E-state index contributed by atoms with van der Waals surface area (Å²) in [7, 11) is -3.87. The number of benzene rings is 2. The van der Waals surface area contributed by atoms with E-state index in [2.05, 4.69) is 5.32 Å². The van der Waals surface area contributed by atoms with E-state index in [1.54, 1.807) is 6.07 Å². The van der Waals surface area contributed by atoms with Gasteiger partial charge in [0.1, 0.15) is 0 Å². The number of non-ortho nitro benzene ring substituents is 1. The Hall–Kier alpha value is -2.94. The van der Waals surface area contributed by atoms with Gasteiger partial charge in [-0.15, -0.1) is 0 Å². The van der Waals surface area contributed by atoms with Gasteiger partial charge in [-0.1, -0.05) is 6.07 Å². The summed E-state index contributed by atoms with van der Waals surface area (Å²) in [6.45, 7) is 1.62. The molecule has 0 saturated heterocycles. The lowest BCUT2D eigenvalue weighted by Crippen LogP contribution is -2.35. The van der Waals surface area contributed by atoms with Crippen molar-refractivity contribution >= 4 is 33.0 Å². The molecule has 2 aromatic rings. The molecule has 8 nitrogen and oxygen atoms in total. The number of amides is 1. The number of nitro benzene ring substituents is 1. The van der Waals surface area contributed by atoms with E-state index in [1.807, 2.05) is 0 Å². The molecular weight excluding hydrogens is 358 g/mol. The van der Waals surface area contributed by atoms with Crippen LogP contribution in [0.4, 0.5) is 17.1 Å². The maximum Gasteiger partial charge on any atom is 0.271 e. The molecule has 0 atom stereocenters. The number of sulfonamides is 1. The van der Waals surface area contributed by atoms with Gasteiger partial charge in [0.15, 0.2) is 0 Å². The number of rotatable bonds is 4. The Morgan fingerprint density at radius 1 is 1.19 bits per heavy atom. The highest BCUT2D eigenvalue weighted by Gasteiger charge is 2.30. The Morgan fingerprint density at radius 2 is 1.88 bits per heavy atom. The van der Waals surface area contributed by atoms with E-state index in [0.717, 1.165) is 5.56 Å². The zero-order chi connectivity index (χ0) is 18.9. The van der Waals surface area contributed by atoms with Crippen molar-refractivity contribution in [3.05, 3.63) is 58.1 Å². The third-order valence-electron chi connectivity index (χ3n) is 4.12. The van der Waals surface area contributed by atoms with Crippen molar-refractivity contribution in [3.8, 4) is 0 Å². The zero-order valence-corrected chi connectivity index (χ0v) is 14.8. The van der Waals surface area contributed by atoms with E-state index in [1.165, 1.54) is 47.6 Å². The molecule has 0 saturated carbocycles. The lowest BCUT2D eigenvalue weighted by molar-refractivity contribution is -0.384. The smallest absolute Gasteiger partial charge is 0.271 e. The second-order valence-corrected chi connectivity index (χ2v) is 7.82. The van der Waals surface area contributed by atoms with Gasteiger partial charge in [0.2, 0.25) is 5.91 Å². The van der Waals surface area contributed by atoms with E-state index in [0.29, 0.717) is 24.2 Å². The lowest BCUT2D eigenvalue weighted by Gasteiger charge is -2.30. The van der Waals surface area contributed by atoms with E-state index < -0.39 is 14.9 Å². The number of nitrogens with one attached hydrogen (secondary N) is 1. The number of aryl methyl sites for hydroxylation is 1. The van der Waals surface area contributed by atoms with Gasteiger partial charge in [0.25, 0.3) is 15.7 Å². The molecular formula is C17H17N3O5S. The fourth-order valence-electron chi connectivity index (χ4n) is 2.93. The van der Waals surface area contributed by atoms with E-state index in [4.69, 9.17) is 0 Å². The molecule has 0 aromatic heterocycles. The Balaban J connectivity index is 1.99. The van der Waals surface area contributed by atoms with Crippen molar-refractivity contribution in [2.75, 3.05) is 16.2 Å². The maximum atomic E-state index is 13.0. The van der Waals surface area contributed by atoms with Crippen LogP contribution in [-0.4, -0.2) is 25.8 Å². The van der Waals surface area contributed by atoms with Gasteiger partial charge in [-0.3, -0.25) is 19.2 Å². The summed E-state index contributed by atoms with van der Waals surface area (Å²) in [4.78, 5) is 21.6. The predicted octanol–water partition coefficient (Wildman–Crippen LogP) is 2.69. The third-order valence-corrected chi connectivity index (χ3v) is 5.95. The minimum absolute atomic E-state index is 0.0611. The van der Waals surface area contributed by atoms with Crippen molar-refractivity contribution in [2.45, 2.75) is 24.7 Å². The second kappa shape index (κ2) is 6.75. The van der Waals surface area contributed by atoms with Crippen LogP contribution in [0, 0.1) is 10.1 Å². The zero-order valence-electron chi connectivity index (χ0n) is 14.0. The molecule has 0 radical (unpaired) electrons. The topological polar surface area (TPSA) is 110 Å². The minimum Gasteiger partial charge on any atom is -0.326 e. The molecule has 0 bridgehead atoms. The van der Waals surface area contributed by atoms with Gasteiger partial charge < -0.3 is 5.32 Å². The van der Waals surface area contributed by atoms with Crippen LogP contribution in [0.5, 0.6) is 0 Å². The van der Waals surface area contributed by atoms with Crippen LogP contribution in [0.25, 0.3) is 0 Å². The molecule has 1 N–H and O–H groups in total. The monoisotopic (exact) mass is 375 g/mol. The summed E-state index contributed by atoms with van der Waals surface area (Å²) in [5.74, 6) is -0.252. The summed E-state index contributed by atoms with van der Waals surface area (Å²) >= 11 is 0. The van der Waals surface area contributed by atoms with Crippen LogP contribution in [-0.2, 0) is 21.2 Å². The molecule has 0 unspecified atom stereocenters. The predicted molar refractivity (Wildman–Crippen MR) is 96.7 cm³/mol. The van der Waals surface area contributed by atoms with Crippen molar-refractivity contribution in [2.24, 2.45) is 0 Å². The Labute approximate surface area is 150 Å². The molecule has 0 spiro atoms. The van der Waals surface area contributed by atoms with Crippen LogP contribution in [0.1, 0.15) is 18.9 Å². The number of fused-ring (bicyclic) bond motifs is 1. The number of anilines is 2. The average Bonchev–Trinajstić information content (AvgIpc) is 2.60. The first kappa shape index (κ1) is 17.9. The molecule has 1 aliphatic rings. The van der Waals surface area contributed by atoms with Crippen molar-refractivity contribution in [1.82, 2.24) is 0 Å². The molecule has 1 heterocycles. The van der Waals surface area contributed by atoms with E-state index in [9.17, 15) is 23.3 Å². The number of nitrogens with zero attached hydrogens (tertiary/aromatic N) is 2. The maximum absolute atomic E-state index is 13.0. The van der Waals surface area contributed by atoms with E-state index >= 15 is 0 Å². The molecule has 1 amide bonds. The number of hydrogen-bond acceptors (Lipinski definition) is 5. The first-order valence-electron chi connectivity index (χ1n) is 7.97. The summed E-state index contributed by atoms with van der Waals surface area (Å²) in [6, 6.07) is 10.1. The first-order chi connectivity index (χ1) is 12.3. The minimum atomic E-state index is -3.87. The largest absolute Gasteiger partial charge is 0.326 e. The highest BCUT2D eigenvalue weighted by molar-refractivity contribution is 7.92. The lowest BCUT2D eigenvalue weighted by atomic mass is 10.0. The fraction of sp³-hybridized carbons (Fsp3) is 0.235. The van der Waals surface area contributed by atoms with Crippen LogP contribution < -0.4 is 9.62 Å². The van der Waals surface area contributed by atoms with Gasteiger partial charge in [0, 0.05) is 31.3 Å². The van der Waals surface area contributed by atoms with Gasteiger partial charge in [-0.05, 0) is 42.7 Å². The first-order valence-corrected chi connectivity index (χ1v) is 9.41. The second-order valence-electron chi connectivity index (χ2n) is 5.96. The van der Waals surface area contributed by atoms with E-state index in [-0.39, 0.29) is 23.0 Å². The van der Waals surface area contributed by atoms with Crippen molar-refractivity contribution < 1.29 is 18.1 Å². The van der Waals surface area contributed by atoms with Crippen LogP contribution in [0.15, 0.2) is 47.4 Å². The van der Waals surface area contributed by atoms with Gasteiger partial charge >= 0.3 is 0 Å². The standard InChI is InChI=1S/C17H17N3O5S/c1-12(21)18-14-5-8-16(9-6-14)26(24,25)19-10-2-3-13-4-7-15(20(22)23)11-17(13)19/h4-9,11H,2-3,10H2,1H3,(H,18,21). The molecule has 26 heavy (non-hydrogen) atoms. The van der Waals surface area contributed by atoms with Crippen LogP contribution in [0.3, 0.4) is 0 Å². The Bertz CT molecular complexity index is 970. The highest BCUT2D eigenvalue weighted by Crippen LogP contribution is 2.34. The molecule has 2 aromatic carbocycles. The molecule has 3 rings (SSSR count). The average molecular weight is 375 g/mol. The molecule has 1 aliphatic heterocycles. The summed E-state index contributed by atoms with van der Waals surface area (Å²) in [6.07, 6.45) is 1.30. The van der Waals surface area contributed by atoms with Crippen LogP contribution in [0.2, 0.25) is 0 Å². The molecule has 9 heteroatoms. The number of carbonyl (C=O) groups excluding carboxylic acids is 1. The van der Waals surface area contributed by atoms with Gasteiger partial charge in [-0.2, -0.15) is 0 Å². The summed E-state index contributed by atoms with van der Waals surface area (Å²) in [5.41, 5.74) is 1.45. The fourth-order valence-corrected chi connectivity index (χ4v) is 4.47. The Kier molecular flexibility index (Phi) is 4.64. The molecule has 0 fully saturated rings. The van der Waals surface area contributed by atoms with Crippen molar-refractivity contribution in [1.29, 1.82) is 0 Å². The molecule has 136 valence electrons. The van der Waals surface area contributed by atoms with Gasteiger partial charge in [-0.25, -0.2) is 8.42 Å². The Morgan fingerprint density at radius 3 is 2.50 bits per heavy atom. The normalized spacial score (nSPS) is 13.8. The number of hydrogen-bond donors (Lipinski definition) is 1. The SMILES string of the molecule is CC(=O)Nc1ccc(S(=O)(=O)N2CCCc3ccc([N+](=O)[O-])cc32)cc1. The third kappa shape index (κ3) is 3.38. The van der Waals surface area contributed by atoms with Gasteiger partial charge in [0.05, 0.1) is 15.5 Å². The number of carbonyl (C=O) groups is 1. The summed E-state index contributed by atoms with van der Waals surface area (Å²) in [5, 5.41) is 13.6. The molecule has 0 aliphatic carbocycles. The highest BCUT2D eigenvalue weighted by atomic mass is 32.2. The summed E-state index contributed by atoms with van der Waals surface area (Å²) < 4.78 is 27.3. The quantitative estimate of drug-likeness (QED) is 0.653. The van der Waals surface area contributed by atoms with Crippen molar-refractivity contribution in [3.63, 3.8) is 0 Å². The van der Waals surface area contributed by atoms with Crippen LogP contribution >= 0.6 is 0 Å².